The molecule has 0 saturated carbocycles. The molecule has 1 aromatic rings. The summed E-state index contributed by atoms with van der Waals surface area (Å²) >= 11 is 0. The Morgan fingerprint density at radius 3 is 2.79 bits per heavy atom. The van der Waals surface area contributed by atoms with Crippen LogP contribution in [-0.4, -0.2) is 48.6 Å². The minimum Gasteiger partial charge on any atom is -0.445 e. The summed E-state index contributed by atoms with van der Waals surface area (Å²) in [5.74, 6) is 0. The molecule has 1 aliphatic heterocycles. The molecule has 1 aromatic carbocycles. The van der Waals surface area contributed by atoms with E-state index in [1.165, 1.54) is 0 Å². The van der Waals surface area contributed by atoms with Crippen molar-refractivity contribution in [1.82, 2.24) is 9.80 Å². The number of nitrogens with zero attached hydrogens (tertiary/aromatic N) is 2. The fourth-order valence-corrected chi connectivity index (χ4v) is 2.39. The van der Waals surface area contributed by atoms with Gasteiger partial charge in [0.25, 0.3) is 0 Å². The fourth-order valence-electron chi connectivity index (χ4n) is 2.39. The maximum atomic E-state index is 12.0. The number of hydrogen-bond acceptors (Lipinski definition) is 3. The Morgan fingerprint density at radius 1 is 1.42 bits per heavy atom. The first-order valence-corrected chi connectivity index (χ1v) is 6.86. The average molecular weight is 262 g/mol. The first-order chi connectivity index (χ1) is 9.20. The number of likely N-dealkylation sites (N-methyl/N-ethyl adjacent to an activating group) is 2. The van der Waals surface area contributed by atoms with Crippen LogP contribution in [0.4, 0.5) is 4.79 Å². The van der Waals surface area contributed by atoms with E-state index < -0.39 is 0 Å². The molecule has 0 spiro atoms. The van der Waals surface area contributed by atoms with Gasteiger partial charge in [0, 0.05) is 26.2 Å². The van der Waals surface area contributed by atoms with Crippen molar-refractivity contribution in [1.29, 1.82) is 0 Å². The number of likely N-dealkylation sites (tertiary alicyclic amines) is 1. The van der Waals surface area contributed by atoms with Gasteiger partial charge in [-0.15, -0.1) is 0 Å². The van der Waals surface area contributed by atoms with Gasteiger partial charge in [-0.1, -0.05) is 37.3 Å². The van der Waals surface area contributed by atoms with Gasteiger partial charge in [0.2, 0.25) is 0 Å². The molecule has 1 atom stereocenters. The molecule has 104 valence electrons. The lowest BCUT2D eigenvalue weighted by molar-refractivity contribution is 0.0918. The first kappa shape index (κ1) is 13.9. The van der Waals surface area contributed by atoms with Gasteiger partial charge < -0.3 is 14.5 Å². The summed E-state index contributed by atoms with van der Waals surface area (Å²) < 4.78 is 5.34. The Bertz CT molecular complexity index is 408. The third kappa shape index (κ3) is 3.70. The van der Waals surface area contributed by atoms with E-state index in [0.717, 1.165) is 31.6 Å². The molecule has 1 aliphatic rings. The number of benzene rings is 1. The zero-order valence-electron chi connectivity index (χ0n) is 11.7. The summed E-state index contributed by atoms with van der Waals surface area (Å²) in [7, 11) is 1.83. The van der Waals surface area contributed by atoms with Crippen LogP contribution in [0, 0.1) is 0 Å². The van der Waals surface area contributed by atoms with E-state index >= 15 is 0 Å². The summed E-state index contributed by atoms with van der Waals surface area (Å²) in [5.41, 5.74) is 1.02. The van der Waals surface area contributed by atoms with Crippen LogP contribution < -0.4 is 0 Å². The third-order valence-electron chi connectivity index (χ3n) is 3.74. The van der Waals surface area contributed by atoms with E-state index in [9.17, 15) is 4.79 Å². The van der Waals surface area contributed by atoms with Crippen molar-refractivity contribution >= 4 is 6.09 Å². The summed E-state index contributed by atoms with van der Waals surface area (Å²) in [4.78, 5) is 16.1. The average Bonchev–Trinajstić information content (AvgIpc) is 2.94. The van der Waals surface area contributed by atoms with Crippen LogP contribution in [0.1, 0.15) is 18.9 Å². The molecule has 1 saturated heterocycles. The van der Waals surface area contributed by atoms with Gasteiger partial charge >= 0.3 is 6.09 Å². The van der Waals surface area contributed by atoms with Crippen LogP contribution in [0.25, 0.3) is 0 Å². The van der Waals surface area contributed by atoms with Crippen molar-refractivity contribution in [2.75, 3.05) is 26.7 Å². The normalized spacial score (nSPS) is 19.4. The number of rotatable bonds is 4. The molecule has 1 heterocycles. The summed E-state index contributed by atoms with van der Waals surface area (Å²) in [6, 6.07) is 10.0. The Morgan fingerprint density at radius 2 is 2.16 bits per heavy atom. The van der Waals surface area contributed by atoms with E-state index in [1.54, 1.807) is 4.90 Å². The molecule has 4 heteroatoms. The Hall–Kier alpha value is -1.55. The number of carbonyl (C=O) groups excluding carboxylic acids is 1. The van der Waals surface area contributed by atoms with E-state index in [-0.39, 0.29) is 12.1 Å². The second kappa shape index (κ2) is 6.57. The molecule has 19 heavy (non-hydrogen) atoms. The lowest BCUT2D eigenvalue weighted by atomic mass is 10.2. The highest BCUT2D eigenvalue weighted by molar-refractivity contribution is 5.67. The van der Waals surface area contributed by atoms with Crippen LogP contribution in [0.15, 0.2) is 30.3 Å². The van der Waals surface area contributed by atoms with Crippen molar-refractivity contribution in [3.05, 3.63) is 35.9 Å². The van der Waals surface area contributed by atoms with Crippen LogP contribution in [-0.2, 0) is 11.3 Å². The zero-order chi connectivity index (χ0) is 13.7. The zero-order valence-corrected chi connectivity index (χ0v) is 11.7. The molecule has 4 nitrogen and oxygen atoms in total. The molecule has 0 radical (unpaired) electrons. The van der Waals surface area contributed by atoms with Crippen LogP contribution in [0.5, 0.6) is 0 Å². The topological polar surface area (TPSA) is 32.8 Å². The standard InChI is InChI=1S/C15H22N2O2/c1-3-17-10-9-14(11-17)16(2)15(18)19-12-13-7-5-4-6-8-13/h4-8,14H,3,9-12H2,1-2H3. The maximum absolute atomic E-state index is 12.0. The first-order valence-electron chi connectivity index (χ1n) is 6.86. The van der Waals surface area contributed by atoms with E-state index in [1.807, 2.05) is 37.4 Å². The maximum Gasteiger partial charge on any atom is 0.410 e. The molecule has 0 N–H and O–H groups in total. The van der Waals surface area contributed by atoms with Gasteiger partial charge in [-0.2, -0.15) is 0 Å². The number of hydrogen-bond donors (Lipinski definition) is 0. The molecule has 1 fully saturated rings. The molecule has 1 amide bonds. The van der Waals surface area contributed by atoms with Crippen molar-refractivity contribution in [3.8, 4) is 0 Å². The molecular weight excluding hydrogens is 240 g/mol. The van der Waals surface area contributed by atoms with Gasteiger partial charge in [0.15, 0.2) is 0 Å². The highest BCUT2D eigenvalue weighted by Gasteiger charge is 2.28. The Kier molecular flexibility index (Phi) is 4.80. The van der Waals surface area contributed by atoms with Gasteiger partial charge in [-0.25, -0.2) is 4.79 Å². The molecule has 0 aromatic heterocycles. The highest BCUT2D eigenvalue weighted by atomic mass is 16.6. The SMILES string of the molecule is CCN1CCC(N(C)C(=O)OCc2ccccc2)C1. The third-order valence-corrected chi connectivity index (χ3v) is 3.74. The van der Waals surface area contributed by atoms with Gasteiger partial charge in [-0.3, -0.25) is 0 Å². The van der Waals surface area contributed by atoms with Crippen molar-refractivity contribution < 1.29 is 9.53 Å². The lowest BCUT2D eigenvalue weighted by Gasteiger charge is -2.24. The largest absolute Gasteiger partial charge is 0.445 e. The van der Waals surface area contributed by atoms with E-state index in [2.05, 4.69) is 11.8 Å². The molecular formula is C15H22N2O2. The Labute approximate surface area is 115 Å². The van der Waals surface area contributed by atoms with Gasteiger partial charge in [0.1, 0.15) is 6.61 Å². The van der Waals surface area contributed by atoms with Crippen molar-refractivity contribution in [2.45, 2.75) is 26.0 Å². The molecule has 1 unspecified atom stereocenters. The fraction of sp³-hybridized carbons (Fsp3) is 0.533. The predicted molar refractivity (Wildman–Crippen MR) is 74.9 cm³/mol. The smallest absolute Gasteiger partial charge is 0.410 e. The number of ether oxygens (including phenoxy) is 1. The van der Waals surface area contributed by atoms with Crippen molar-refractivity contribution in [3.63, 3.8) is 0 Å². The van der Waals surface area contributed by atoms with Gasteiger partial charge in [-0.05, 0) is 18.5 Å². The second-order valence-electron chi connectivity index (χ2n) is 4.99. The highest BCUT2D eigenvalue weighted by Crippen LogP contribution is 2.15. The number of amides is 1. The van der Waals surface area contributed by atoms with Crippen LogP contribution in [0.3, 0.4) is 0 Å². The van der Waals surface area contributed by atoms with E-state index in [4.69, 9.17) is 4.74 Å². The molecule has 2 rings (SSSR count). The summed E-state index contributed by atoms with van der Waals surface area (Å²) in [6.45, 7) is 5.55. The van der Waals surface area contributed by atoms with Crippen molar-refractivity contribution in [2.24, 2.45) is 0 Å². The molecule has 0 bridgehead atoms. The second-order valence-corrected chi connectivity index (χ2v) is 4.99. The van der Waals surface area contributed by atoms with E-state index in [0.29, 0.717) is 6.61 Å². The van der Waals surface area contributed by atoms with Gasteiger partial charge in [0.05, 0.1) is 0 Å². The minimum atomic E-state index is -0.230. The monoisotopic (exact) mass is 262 g/mol. The molecule has 0 aliphatic carbocycles. The number of carbonyl (C=O) groups is 1. The van der Waals surface area contributed by atoms with Crippen LogP contribution in [0.2, 0.25) is 0 Å². The predicted octanol–water partition coefficient (Wildman–Crippen LogP) is 2.35. The minimum absolute atomic E-state index is 0.230. The summed E-state index contributed by atoms with van der Waals surface area (Å²) in [5, 5.41) is 0. The summed E-state index contributed by atoms with van der Waals surface area (Å²) in [6.07, 6.45) is 0.803. The van der Waals surface area contributed by atoms with Crippen LogP contribution >= 0.6 is 0 Å². The Balaban J connectivity index is 1.80. The lowest BCUT2D eigenvalue weighted by Crippen LogP contribution is -2.39. The quantitative estimate of drug-likeness (QED) is 0.835.